The van der Waals surface area contributed by atoms with Crippen LogP contribution in [-0.4, -0.2) is 43.7 Å². The summed E-state index contributed by atoms with van der Waals surface area (Å²) in [6, 6.07) is 6.81. The Morgan fingerprint density at radius 1 is 1.33 bits per heavy atom. The average molecular weight is 363 g/mol. The molecule has 24 heavy (non-hydrogen) atoms. The number of carbonyl (C=O) groups is 1. The second-order valence-electron chi connectivity index (χ2n) is 5.49. The minimum absolute atomic E-state index is 0.0120. The number of thiophene rings is 1. The second kappa shape index (κ2) is 6.74. The van der Waals surface area contributed by atoms with E-state index < -0.39 is 9.84 Å². The molecule has 126 valence electrons. The van der Waals surface area contributed by atoms with Crippen LogP contribution in [-0.2, 0) is 9.84 Å². The highest BCUT2D eigenvalue weighted by molar-refractivity contribution is 7.90. The van der Waals surface area contributed by atoms with E-state index in [2.05, 4.69) is 22.4 Å². The van der Waals surface area contributed by atoms with Crippen molar-refractivity contribution in [3.63, 3.8) is 0 Å². The number of hydrogen-bond acceptors (Lipinski definition) is 5. The summed E-state index contributed by atoms with van der Waals surface area (Å²) in [6.45, 7) is 1.19. The molecule has 0 bridgehead atoms. The van der Waals surface area contributed by atoms with Gasteiger partial charge in [-0.1, -0.05) is 12.1 Å². The minimum atomic E-state index is -3.34. The van der Waals surface area contributed by atoms with Crippen LogP contribution in [0.1, 0.15) is 11.3 Å². The van der Waals surface area contributed by atoms with E-state index in [9.17, 15) is 13.2 Å². The number of rotatable bonds is 3. The van der Waals surface area contributed by atoms with Gasteiger partial charge >= 0.3 is 6.03 Å². The Balaban J connectivity index is 1.62. The van der Waals surface area contributed by atoms with Gasteiger partial charge in [-0.15, -0.1) is 11.3 Å². The molecular weight excluding hydrogens is 346 g/mol. The van der Waals surface area contributed by atoms with Gasteiger partial charge in [-0.3, -0.25) is 0 Å². The molecule has 2 aromatic rings. The molecule has 0 atom stereocenters. The van der Waals surface area contributed by atoms with Crippen LogP contribution in [0.15, 0.2) is 46.9 Å². The summed E-state index contributed by atoms with van der Waals surface area (Å²) in [5, 5.41) is 4.77. The molecule has 2 aromatic heterocycles. The third-order valence-corrected chi connectivity index (χ3v) is 5.65. The SMILES string of the molecule is CS(=O)(=O)c1ccc(NC(=O)N2CC=C(c3cccs3)CC2)cn1. The molecule has 0 spiro atoms. The fraction of sp³-hybridized carbons (Fsp3) is 0.250. The van der Waals surface area contributed by atoms with E-state index in [-0.39, 0.29) is 11.1 Å². The molecule has 0 radical (unpaired) electrons. The predicted octanol–water partition coefficient (Wildman–Crippen LogP) is 2.87. The normalized spacial score (nSPS) is 15.0. The number of urea groups is 1. The van der Waals surface area contributed by atoms with E-state index in [1.165, 1.54) is 28.8 Å². The molecule has 0 aliphatic carbocycles. The molecule has 0 saturated heterocycles. The van der Waals surface area contributed by atoms with Gasteiger partial charge in [-0.25, -0.2) is 18.2 Å². The number of hydrogen-bond donors (Lipinski definition) is 1. The van der Waals surface area contributed by atoms with Crippen molar-refractivity contribution in [2.45, 2.75) is 11.4 Å². The Morgan fingerprint density at radius 3 is 2.71 bits per heavy atom. The number of nitrogens with one attached hydrogen (secondary N) is 1. The fourth-order valence-electron chi connectivity index (χ4n) is 2.41. The first-order valence-electron chi connectivity index (χ1n) is 7.38. The van der Waals surface area contributed by atoms with Gasteiger partial charge in [-0.05, 0) is 35.6 Å². The first kappa shape index (κ1) is 16.7. The van der Waals surface area contributed by atoms with Crippen molar-refractivity contribution in [1.29, 1.82) is 0 Å². The molecule has 8 heteroatoms. The Labute approximate surface area is 144 Å². The topological polar surface area (TPSA) is 79.4 Å². The van der Waals surface area contributed by atoms with Crippen molar-refractivity contribution in [3.8, 4) is 0 Å². The lowest BCUT2D eigenvalue weighted by Crippen LogP contribution is -2.37. The van der Waals surface area contributed by atoms with Crippen molar-refractivity contribution in [3.05, 3.63) is 46.8 Å². The first-order chi connectivity index (χ1) is 11.4. The highest BCUT2D eigenvalue weighted by atomic mass is 32.2. The van der Waals surface area contributed by atoms with E-state index in [1.54, 1.807) is 16.2 Å². The summed E-state index contributed by atoms with van der Waals surface area (Å²) in [4.78, 5) is 19.1. The van der Waals surface area contributed by atoms with Gasteiger partial charge in [0.2, 0.25) is 0 Å². The van der Waals surface area contributed by atoms with Gasteiger partial charge in [0.05, 0.1) is 11.9 Å². The van der Waals surface area contributed by atoms with Gasteiger partial charge in [-0.2, -0.15) is 0 Å². The number of aromatic nitrogens is 1. The van der Waals surface area contributed by atoms with Gasteiger partial charge in [0.15, 0.2) is 14.9 Å². The monoisotopic (exact) mass is 363 g/mol. The molecular formula is C16H17N3O3S2. The largest absolute Gasteiger partial charge is 0.322 e. The quantitative estimate of drug-likeness (QED) is 0.909. The van der Waals surface area contributed by atoms with Gasteiger partial charge < -0.3 is 10.2 Å². The third kappa shape index (κ3) is 3.82. The van der Waals surface area contributed by atoms with Crippen LogP contribution in [0.4, 0.5) is 10.5 Å². The molecule has 1 N–H and O–H groups in total. The van der Waals surface area contributed by atoms with Crippen LogP contribution in [0.2, 0.25) is 0 Å². The molecule has 1 aliphatic rings. The zero-order valence-electron chi connectivity index (χ0n) is 13.1. The summed E-state index contributed by atoms with van der Waals surface area (Å²) in [6.07, 6.45) is 5.34. The van der Waals surface area contributed by atoms with Crippen LogP contribution in [0.5, 0.6) is 0 Å². The van der Waals surface area contributed by atoms with Crippen molar-refractivity contribution >= 4 is 38.5 Å². The highest BCUT2D eigenvalue weighted by Gasteiger charge is 2.18. The molecule has 1 aliphatic heterocycles. The zero-order chi connectivity index (χ0) is 17.2. The number of sulfone groups is 1. The summed E-state index contributed by atoms with van der Waals surface area (Å²) in [5.41, 5.74) is 1.74. The molecule has 6 nitrogen and oxygen atoms in total. The Bertz CT molecular complexity index is 856. The van der Waals surface area contributed by atoms with E-state index >= 15 is 0 Å². The summed E-state index contributed by atoms with van der Waals surface area (Å²) in [5.74, 6) is 0. The fourth-order valence-corrected chi connectivity index (χ4v) is 3.77. The Kier molecular flexibility index (Phi) is 4.68. The average Bonchev–Trinajstić information content (AvgIpc) is 3.09. The van der Waals surface area contributed by atoms with E-state index in [0.29, 0.717) is 18.8 Å². The van der Waals surface area contributed by atoms with Crippen molar-refractivity contribution in [1.82, 2.24) is 9.88 Å². The minimum Gasteiger partial charge on any atom is -0.320 e. The number of anilines is 1. The van der Waals surface area contributed by atoms with E-state index in [4.69, 9.17) is 0 Å². The lowest BCUT2D eigenvalue weighted by molar-refractivity contribution is 0.217. The highest BCUT2D eigenvalue weighted by Crippen LogP contribution is 2.26. The van der Waals surface area contributed by atoms with Gasteiger partial charge in [0.25, 0.3) is 0 Å². The van der Waals surface area contributed by atoms with Crippen LogP contribution in [0, 0.1) is 0 Å². The molecule has 3 heterocycles. The third-order valence-electron chi connectivity index (χ3n) is 3.70. The Hall–Kier alpha value is -2.19. The molecule has 3 rings (SSSR count). The number of nitrogens with zero attached hydrogens (tertiary/aromatic N) is 2. The lowest BCUT2D eigenvalue weighted by atomic mass is 10.1. The second-order valence-corrected chi connectivity index (χ2v) is 8.40. The molecule has 0 aromatic carbocycles. The maximum Gasteiger partial charge on any atom is 0.322 e. The van der Waals surface area contributed by atoms with Crippen molar-refractivity contribution in [2.75, 3.05) is 24.7 Å². The molecule has 2 amide bonds. The summed E-state index contributed by atoms with van der Waals surface area (Å²) < 4.78 is 22.8. The van der Waals surface area contributed by atoms with Crippen LogP contribution >= 0.6 is 11.3 Å². The summed E-state index contributed by atoms with van der Waals surface area (Å²) in [7, 11) is -3.34. The smallest absolute Gasteiger partial charge is 0.320 e. The van der Waals surface area contributed by atoms with Crippen molar-refractivity contribution < 1.29 is 13.2 Å². The summed E-state index contributed by atoms with van der Waals surface area (Å²) >= 11 is 1.70. The van der Waals surface area contributed by atoms with Crippen LogP contribution in [0.25, 0.3) is 5.57 Å². The molecule has 0 fully saturated rings. The standard InChI is InChI=1S/C16H17N3O3S2/c1-24(21,22)15-5-4-13(11-17-15)18-16(20)19-8-6-12(7-9-19)14-3-2-10-23-14/h2-6,10-11H,7-9H2,1H3,(H,18,20). The maximum atomic E-state index is 12.3. The van der Waals surface area contributed by atoms with Crippen molar-refractivity contribution in [2.24, 2.45) is 0 Å². The van der Waals surface area contributed by atoms with E-state index in [0.717, 1.165) is 12.7 Å². The number of carbonyl (C=O) groups excluding carboxylic acids is 1. The first-order valence-corrected chi connectivity index (χ1v) is 10.2. The van der Waals surface area contributed by atoms with Crippen LogP contribution < -0.4 is 5.32 Å². The molecule has 0 saturated carbocycles. The lowest BCUT2D eigenvalue weighted by Gasteiger charge is -2.26. The van der Waals surface area contributed by atoms with E-state index in [1.807, 2.05) is 11.4 Å². The zero-order valence-corrected chi connectivity index (χ0v) is 14.7. The van der Waals surface area contributed by atoms with Gasteiger partial charge in [0, 0.05) is 24.2 Å². The van der Waals surface area contributed by atoms with Gasteiger partial charge in [0.1, 0.15) is 0 Å². The maximum absolute atomic E-state index is 12.3. The number of pyridine rings is 1. The predicted molar refractivity (Wildman–Crippen MR) is 94.9 cm³/mol. The number of amides is 2. The Morgan fingerprint density at radius 2 is 2.17 bits per heavy atom. The van der Waals surface area contributed by atoms with Crippen LogP contribution in [0.3, 0.4) is 0 Å². The molecule has 0 unspecified atom stereocenters.